The molecule has 1 heterocycles. The number of nitrogens with one attached hydrogen (secondary N) is 1. The summed E-state index contributed by atoms with van der Waals surface area (Å²) < 4.78 is 0. The minimum atomic E-state index is -0.885. The van der Waals surface area contributed by atoms with Gasteiger partial charge in [-0.15, -0.1) is 0 Å². The molecule has 26 heavy (non-hydrogen) atoms. The molecule has 7 heteroatoms. The van der Waals surface area contributed by atoms with Crippen molar-refractivity contribution in [3.63, 3.8) is 0 Å². The van der Waals surface area contributed by atoms with E-state index in [0.717, 1.165) is 12.0 Å². The highest BCUT2D eigenvalue weighted by molar-refractivity contribution is 6.31. The van der Waals surface area contributed by atoms with Crippen molar-refractivity contribution in [3.05, 3.63) is 46.1 Å². The van der Waals surface area contributed by atoms with E-state index in [9.17, 15) is 10.2 Å². The summed E-state index contributed by atoms with van der Waals surface area (Å²) in [5, 5.41) is 22.7. The van der Waals surface area contributed by atoms with Crippen molar-refractivity contribution in [1.82, 2.24) is 9.97 Å². The molecule has 0 aliphatic heterocycles. The maximum absolute atomic E-state index is 10.3. The summed E-state index contributed by atoms with van der Waals surface area (Å²) in [4.78, 5) is 8.14. The largest absolute Gasteiger partial charge is 0.396 e. The van der Waals surface area contributed by atoms with Crippen LogP contribution < -0.4 is 11.1 Å². The third-order valence-electron chi connectivity index (χ3n) is 4.13. The van der Waals surface area contributed by atoms with E-state index in [0.29, 0.717) is 17.8 Å². The summed E-state index contributed by atoms with van der Waals surface area (Å²) in [6, 6.07) is 8.02. The Morgan fingerprint density at radius 3 is 2.54 bits per heavy atom. The summed E-state index contributed by atoms with van der Waals surface area (Å²) in [6.45, 7) is 4.00. The molecule has 0 fully saturated rings. The number of hydrogen-bond donors (Lipinski definition) is 4. The molecule has 0 aliphatic rings. The van der Waals surface area contributed by atoms with Gasteiger partial charge in [-0.2, -0.15) is 4.98 Å². The maximum Gasteiger partial charge on any atom is 0.223 e. The fraction of sp³-hybridized carbons (Fsp3) is 0.368. The lowest BCUT2D eigenvalue weighted by Crippen LogP contribution is -2.25. The van der Waals surface area contributed by atoms with Gasteiger partial charge in [0, 0.05) is 6.61 Å². The highest BCUT2D eigenvalue weighted by Crippen LogP contribution is 2.26. The van der Waals surface area contributed by atoms with Crippen molar-refractivity contribution >= 4 is 35.5 Å². The van der Waals surface area contributed by atoms with Gasteiger partial charge in [0.2, 0.25) is 5.95 Å². The number of aromatic nitrogens is 2. The second-order valence-electron chi connectivity index (χ2n) is 6.23. The second kappa shape index (κ2) is 9.52. The number of aryl methyl sites for hydroxylation is 1. The van der Waals surface area contributed by atoms with Gasteiger partial charge in [-0.3, -0.25) is 0 Å². The minimum Gasteiger partial charge on any atom is -0.396 e. The number of anilines is 2. The number of nitrogen functional groups attached to an aromatic ring is 1. The van der Waals surface area contributed by atoms with Crippen LogP contribution in [0.15, 0.2) is 24.3 Å². The molecule has 2 aromatic rings. The van der Waals surface area contributed by atoms with Crippen LogP contribution in [0.2, 0.25) is 5.15 Å². The van der Waals surface area contributed by atoms with Crippen molar-refractivity contribution in [2.24, 2.45) is 5.92 Å². The quantitative estimate of drug-likeness (QED) is 0.416. The normalized spacial score (nSPS) is 13.7. The van der Waals surface area contributed by atoms with E-state index in [4.69, 9.17) is 17.3 Å². The van der Waals surface area contributed by atoms with Crippen molar-refractivity contribution < 1.29 is 10.2 Å². The maximum atomic E-state index is 10.3. The topological polar surface area (TPSA) is 104 Å². The smallest absolute Gasteiger partial charge is 0.223 e. The van der Waals surface area contributed by atoms with E-state index in [1.807, 2.05) is 44.2 Å². The molecular weight excluding hydrogens is 352 g/mol. The Bertz CT molecular complexity index is 746. The van der Waals surface area contributed by atoms with Crippen LogP contribution in [0.4, 0.5) is 11.8 Å². The number of nitrogens with zero attached hydrogens (tertiary/aromatic N) is 2. The monoisotopic (exact) mass is 376 g/mol. The van der Waals surface area contributed by atoms with Crippen LogP contribution in [0.25, 0.3) is 12.2 Å². The zero-order valence-electron chi connectivity index (χ0n) is 15.0. The molecule has 140 valence electrons. The second-order valence-corrected chi connectivity index (χ2v) is 6.59. The van der Waals surface area contributed by atoms with Gasteiger partial charge in [0.05, 0.1) is 5.56 Å². The Hall–Kier alpha value is -2.15. The van der Waals surface area contributed by atoms with E-state index < -0.39 is 6.23 Å². The van der Waals surface area contributed by atoms with Crippen LogP contribution >= 0.6 is 11.6 Å². The molecule has 6 nitrogen and oxygen atoms in total. The number of aliphatic hydroxyl groups is 2. The Balaban J connectivity index is 2.24. The van der Waals surface area contributed by atoms with Gasteiger partial charge < -0.3 is 21.3 Å². The first-order valence-electron chi connectivity index (χ1n) is 8.56. The molecule has 0 saturated carbocycles. The molecule has 0 saturated heterocycles. The third-order valence-corrected chi connectivity index (χ3v) is 4.42. The predicted molar refractivity (Wildman–Crippen MR) is 107 cm³/mol. The number of nitrogens with two attached hydrogens (primary N) is 1. The Kier molecular flexibility index (Phi) is 7.38. The van der Waals surface area contributed by atoms with Crippen molar-refractivity contribution in [1.29, 1.82) is 0 Å². The van der Waals surface area contributed by atoms with Crippen LogP contribution in [0, 0.1) is 12.8 Å². The summed E-state index contributed by atoms with van der Waals surface area (Å²) >= 11 is 6.23. The van der Waals surface area contributed by atoms with Gasteiger partial charge in [-0.05, 0) is 30.9 Å². The molecule has 0 unspecified atom stereocenters. The third kappa shape index (κ3) is 5.69. The first-order chi connectivity index (χ1) is 12.4. The molecular formula is C19H25ClN4O2. The van der Waals surface area contributed by atoms with Gasteiger partial charge in [0.25, 0.3) is 0 Å². The van der Waals surface area contributed by atoms with Crippen molar-refractivity contribution in [2.75, 3.05) is 17.7 Å². The zero-order chi connectivity index (χ0) is 19.1. The summed E-state index contributed by atoms with van der Waals surface area (Å²) in [7, 11) is 0. The lowest BCUT2D eigenvalue weighted by molar-refractivity contribution is 0.132. The van der Waals surface area contributed by atoms with Gasteiger partial charge in [0.15, 0.2) is 0 Å². The van der Waals surface area contributed by atoms with E-state index in [-0.39, 0.29) is 23.6 Å². The van der Waals surface area contributed by atoms with Crippen molar-refractivity contribution in [3.8, 4) is 0 Å². The first kappa shape index (κ1) is 20.2. The number of hydrogen-bond acceptors (Lipinski definition) is 6. The van der Waals surface area contributed by atoms with Crippen molar-refractivity contribution in [2.45, 2.75) is 32.9 Å². The van der Waals surface area contributed by atoms with Gasteiger partial charge in [0.1, 0.15) is 17.2 Å². The Morgan fingerprint density at radius 2 is 1.92 bits per heavy atom. The minimum absolute atomic E-state index is 0.00120. The molecule has 2 rings (SSSR count). The Morgan fingerprint density at radius 1 is 1.23 bits per heavy atom. The molecule has 1 aromatic carbocycles. The summed E-state index contributed by atoms with van der Waals surface area (Å²) in [5.41, 5.74) is 8.41. The highest BCUT2D eigenvalue weighted by Gasteiger charge is 2.16. The molecule has 0 spiro atoms. The molecule has 0 amide bonds. The van der Waals surface area contributed by atoms with Crippen LogP contribution in [-0.4, -0.2) is 33.0 Å². The van der Waals surface area contributed by atoms with Crippen LogP contribution in [0.5, 0.6) is 0 Å². The fourth-order valence-corrected chi connectivity index (χ4v) is 2.71. The summed E-state index contributed by atoms with van der Waals surface area (Å²) in [6.07, 6.45) is 3.94. The Labute approximate surface area is 158 Å². The lowest BCUT2D eigenvalue weighted by atomic mass is 10.0. The fourth-order valence-electron chi connectivity index (χ4n) is 2.48. The van der Waals surface area contributed by atoms with E-state index in [1.165, 1.54) is 5.56 Å². The molecule has 1 aromatic heterocycles. The van der Waals surface area contributed by atoms with E-state index >= 15 is 0 Å². The molecule has 0 aliphatic carbocycles. The summed E-state index contributed by atoms with van der Waals surface area (Å²) in [5.74, 6) is 0.372. The number of benzene rings is 1. The molecule has 2 atom stereocenters. The molecule has 5 N–H and O–H groups in total. The highest BCUT2D eigenvalue weighted by atomic mass is 35.5. The average molecular weight is 377 g/mol. The van der Waals surface area contributed by atoms with E-state index in [2.05, 4.69) is 15.3 Å². The number of aliphatic hydroxyl groups excluding tert-OH is 2. The van der Waals surface area contributed by atoms with Crippen LogP contribution in [0.3, 0.4) is 0 Å². The van der Waals surface area contributed by atoms with Gasteiger partial charge in [-0.1, -0.05) is 60.9 Å². The zero-order valence-corrected chi connectivity index (χ0v) is 15.7. The van der Waals surface area contributed by atoms with Crippen LogP contribution in [0.1, 0.15) is 36.5 Å². The average Bonchev–Trinajstić information content (AvgIpc) is 2.60. The molecule has 0 radical (unpaired) electrons. The van der Waals surface area contributed by atoms with Crippen LogP contribution in [-0.2, 0) is 0 Å². The lowest BCUT2D eigenvalue weighted by Gasteiger charge is -2.19. The van der Waals surface area contributed by atoms with Gasteiger partial charge in [-0.25, -0.2) is 4.98 Å². The van der Waals surface area contributed by atoms with Gasteiger partial charge >= 0.3 is 0 Å². The predicted octanol–water partition coefficient (Wildman–Crippen LogP) is 3.33. The first-order valence-corrected chi connectivity index (χ1v) is 8.94. The molecule has 0 bridgehead atoms. The SMILES string of the molecule is CC[C@H](CO)C[C@@H](O)Nc1nc(N)nc(Cl)c1/C=C/c1ccc(C)cc1. The number of halogens is 1. The van der Waals surface area contributed by atoms with E-state index in [1.54, 1.807) is 6.08 Å². The number of rotatable bonds is 8. The standard InChI is InChI=1S/C19H25ClN4O2/c1-3-13(11-25)10-16(26)22-18-15(17(20)23-19(21)24-18)9-8-14-6-4-12(2)5-7-14/h4-9,13,16,25-26H,3,10-11H2,1-2H3,(H3,21,22,23,24)/b9-8+/t13-,16+/m0/s1.